The van der Waals surface area contributed by atoms with Crippen LogP contribution in [-0.4, -0.2) is 21.5 Å². The largest absolute Gasteiger partial charge is 0.416 e. The summed E-state index contributed by atoms with van der Waals surface area (Å²) in [5, 5.41) is 0. The molecule has 2 rings (SSSR count). The topological polar surface area (TPSA) is 34.9 Å². The highest BCUT2D eigenvalue weighted by Crippen LogP contribution is 2.29. The van der Waals surface area contributed by atoms with Crippen molar-refractivity contribution < 1.29 is 31.1 Å². The van der Waals surface area contributed by atoms with Crippen LogP contribution >= 0.6 is 0 Å². The van der Waals surface area contributed by atoms with Gasteiger partial charge in [0.1, 0.15) is 12.4 Å². The van der Waals surface area contributed by atoms with Gasteiger partial charge in [0, 0.05) is 18.0 Å². The molecule has 0 unspecified atom stereocenters. The van der Waals surface area contributed by atoms with Gasteiger partial charge in [0.2, 0.25) is 0 Å². The predicted octanol–water partition coefficient (Wildman–Crippen LogP) is 4.36. The van der Waals surface area contributed by atoms with Crippen LogP contribution in [0.2, 0.25) is 0 Å². The first-order valence-electron chi connectivity index (χ1n) is 6.54. The highest BCUT2D eigenvalue weighted by Gasteiger charge is 2.31. The van der Waals surface area contributed by atoms with Crippen molar-refractivity contribution >= 4 is 11.9 Å². The van der Waals surface area contributed by atoms with E-state index in [1.807, 2.05) is 0 Å². The molecule has 0 saturated heterocycles. The molecule has 0 aliphatic heterocycles. The minimum atomic E-state index is -4.59. The molecule has 3 nitrogen and oxygen atoms in total. The van der Waals surface area contributed by atoms with Gasteiger partial charge in [-0.05, 0) is 24.3 Å². The van der Waals surface area contributed by atoms with Crippen molar-refractivity contribution in [2.75, 3.05) is 0 Å². The van der Waals surface area contributed by atoms with Gasteiger partial charge in [0.25, 0.3) is 0 Å². The zero-order valence-electron chi connectivity index (χ0n) is 11.9. The average molecular weight is 348 g/mol. The second-order valence-corrected chi connectivity index (χ2v) is 4.80. The molecule has 0 spiro atoms. The molecule has 2 aromatic rings. The Morgan fingerprint density at radius 2 is 1.88 bits per heavy atom. The number of carbonyl (C=O) groups excluding carboxylic acids is 1. The third kappa shape index (κ3) is 4.71. The molecule has 0 fully saturated rings. The fraction of sp³-hybridized carbons (Fsp3) is 0.200. The van der Waals surface area contributed by atoms with Gasteiger partial charge in [-0.25, -0.2) is 4.98 Å². The van der Waals surface area contributed by atoms with E-state index in [4.69, 9.17) is 0 Å². The number of hydrogen-bond donors (Lipinski definition) is 0. The van der Waals surface area contributed by atoms with Crippen LogP contribution in [0.5, 0.6) is 0 Å². The van der Waals surface area contributed by atoms with Gasteiger partial charge in [-0.1, -0.05) is 12.1 Å². The summed E-state index contributed by atoms with van der Waals surface area (Å²) in [6.07, 6.45) is -4.95. The molecule has 24 heavy (non-hydrogen) atoms. The minimum absolute atomic E-state index is 0.132. The van der Waals surface area contributed by atoms with Crippen molar-refractivity contribution in [3.05, 3.63) is 59.7 Å². The Morgan fingerprint density at radius 3 is 2.50 bits per heavy atom. The molecule has 0 amide bonds. The van der Waals surface area contributed by atoms with Gasteiger partial charge in [-0.15, -0.1) is 0 Å². The summed E-state index contributed by atoms with van der Waals surface area (Å²) in [5.41, 5.74) is -1.21. The number of alkyl halides is 6. The summed E-state index contributed by atoms with van der Waals surface area (Å²) in [4.78, 5) is 15.6. The van der Waals surface area contributed by atoms with Crippen LogP contribution in [0, 0.1) is 0 Å². The lowest BCUT2D eigenvalue weighted by molar-refractivity contribution is -0.140. The lowest BCUT2D eigenvalue weighted by Crippen LogP contribution is -2.18. The smallest absolute Gasteiger partial charge is 0.322 e. The van der Waals surface area contributed by atoms with Crippen molar-refractivity contribution in [1.82, 2.24) is 9.55 Å². The molecule has 0 bridgehead atoms. The maximum atomic E-state index is 12.6. The number of allylic oxidation sites excluding steroid dienone is 1. The maximum Gasteiger partial charge on any atom is 0.416 e. The Hall–Kier alpha value is -2.58. The van der Waals surface area contributed by atoms with Crippen LogP contribution < -0.4 is 0 Å². The van der Waals surface area contributed by atoms with Crippen molar-refractivity contribution in [2.45, 2.75) is 18.9 Å². The highest BCUT2D eigenvalue weighted by atomic mass is 19.4. The number of halogens is 6. The fourth-order valence-corrected chi connectivity index (χ4v) is 1.90. The number of hydrogen-bond acceptors (Lipinski definition) is 2. The van der Waals surface area contributed by atoms with Gasteiger partial charge in [-0.3, -0.25) is 4.79 Å². The minimum Gasteiger partial charge on any atom is -0.322 e. The molecule has 0 aliphatic carbocycles. The van der Waals surface area contributed by atoms with Crippen LogP contribution in [0.25, 0.3) is 6.08 Å². The van der Waals surface area contributed by atoms with Gasteiger partial charge in [0.05, 0.1) is 5.56 Å². The van der Waals surface area contributed by atoms with Crippen LogP contribution in [0.3, 0.4) is 0 Å². The zero-order chi connectivity index (χ0) is 18.0. The maximum absolute atomic E-state index is 12.6. The lowest BCUT2D eigenvalue weighted by atomic mass is 10.1. The van der Waals surface area contributed by atoms with E-state index in [0.29, 0.717) is 6.07 Å². The fourth-order valence-electron chi connectivity index (χ4n) is 1.90. The molecular weight excluding hydrogens is 338 g/mol. The Morgan fingerprint density at radius 1 is 1.17 bits per heavy atom. The van der Waals surface area contributed by atoms with Crippen molar-refractivity contribution in [3.8, 4) is 0 Å². The third-order valence-electron chi connectivity index (χ3n) is 2.96. The van der Waals surface area contributed by atoms with Gasteiger partial charge < -0.3 is 4.57 Å². The van der Waals surface area contributed by atoms with E-state index in [0.717, 1.165) is 41.2 Å². The van der Waals surface area contributed by atoms with Crippen LogP contribution in [-0.2, 0) is 12.7 Å². The molecule has 9 heteroatoms. The number of benzene rings is 1. The summed E-state index contributed by atoms with van der Waals surface area (Å²) < 4.78 is 75.7. The predicted molar refractivity (Wildman–Crippen MR) is 73.1 cm³/mol. The Balaban J connectivity index is 2.19. The number of nitrogens with zero attached hydrogens (tertiary/aromatic N) is 2. The Labute approximate surface area is 132 Å². The second-order valence-electron chi connectivity index (χ2n) is 4.80. The van der Waals surface area contributed by atoms with E-state index in [-0.39, 0.29) is 11.4 Å². The Bertz CT molecular complexity index is 758. The lowest BCUT2D eigenvalue weighted by Gasteiger charge is -2.08. The van der Waals surface area contributed by atoms with E-state index in [2.05, 4.69) is 4.98 Å². The second kappa shape index (κ2) is 6.50. The number of rotatable bonds is 4. The van der Waals surface area contributed by atoms with E-state index in [1.54, 1.807) is 0 Å². The summed E-state index contributed by atoms with van der Waals surface area (Å²) in [6, 6.07) is 3.75. The summed E-state index contributed by atoms with van der Waals surface area (Å²) in [5.74, 6) is -0.907. The summed E-state index contributed by atoms with van der Waals surface area (Å²) in [7, 11) is 0. The standard InChI is InChI=1S/C15H10F6N2O/c16-14(17,18)9-23-7-6-22-13(23)5-4-12(24)10-2-1-3-11(8-10)15(19,20)21/h1-8H,9H2/b5-4+. The van der Waals surface area contributed by atoms with Crippen molar-refractivity contribution in [3.63, 3.8) is 0 Å². The number of carbonyl (C=O) groups is 1. The number of imidazole rings is 1. The van der Waals surface area contributed by atoms with Crippen LogP contribution in [0.4, 0.5) is 26.3 Å². The van der Waals surface area contributed by atoms with Crippen LogP contribution in [0.1, 0.15) is 21.7 Å². The molecule has 1 heterocycles. The van der Waals surface area contributed by atoms with E-state index < -0.39 is 30.2 Å². The highest BCUT2D eigenvalue weighted by molar-refractivity contribution is 6.06. The molecule has 0 aliphatic rings. The van der Waals surface area contributed by atoms with Gasteiger partial charge in [-0.2, -0.15) is 26.3 Å². The van der Waals surface area contributed by atoms with Crippen LogP contribution in [0.15, 0.2) is 42.7 Å². The molecule has 0 saturated carbocycles. The quantitative estimate of drug-likeness (QED) is 0.467. The SMILES string of the molecule is O=C(/C=C/c1nccn1CC(F)(F)F)c1cccc(C(F)(F)F)c1. The molecule has 1 aromatic heterocycles. The molecular formula is C15H10F6N2O. The first kappa shape index (κ1) is 17.8. The number of aromatic nitrogens is 2. The van der Waals surface area contributed by atoms with Crippen molar-refractivity contribution in [1.29, 1.82) is 0 Å². The van der Waals surface area contributed by atoms with E-state index in [9.17, 15) is 31.1 Å². The molecule has 0 N–H and O–H groups in total. The molecule has 1 aromatic carbocycles. The van der Waals surface area contributed by atoms with E-state index in [1.165, 1.54) is 6.07 Å². The zero-order valence-corrected chi connectivity index (χ0v) is 11.9. The Kier molecular flexibility index (Phi) is 4.81. The molecule has 0 radical (unpaired) electrons. The van der Waals surface area contributed by atoms with Gasteiger partial charge >= 0.3 is 12.4 Å². The molecule has 0 atom stereocenters. The van der Waals surface area contributed by atoms with E-state index >= 15 is 0 Å². The normalized spacial score (nSPS) is 12.8. The molecule has 128 valence electrons. The monoisotopic (exact) mass is 348 g/mol. The average Bonchev–Trinajstić information content (AvgIpc) is 2.89. The van der Waals surface area contributed by atoms with Gasteiger partial charge in [0.15, 0.2) is 5.78 Å². The summed E-state index contributed by atoms with van der Waals surface area (Å²) in [6.45, 7) is -1.29. The summed E-state index contributed by atoms with van der Waals surface area (Å²) >= 11 is 0. The van der Waals surface area contributed by atoms with Crippen molar-refractivity contribution in [2.24, 2.45) is 0 Å². The first-order chi connectivity index (χ1) is 11.1. The third-order valence-corrected chi connectivity index (χ3v) is 2.96. The number of ketones is 1. The first-order valence-corrected chi connectivity index (χ1v) is 6.54.